The third kappa shape index (κ3) is 5.39. The summed E-state index contributed by atoms with van der Waals surface area (Å²) in [5.41, 5.74) is 6.90. The van der Waals surface area contributed by atoms with E-state index in [2.05, 4.69) is 10.2 Å². The summed E-state index contributed by atoms with van der Waals surface area (Å²) in [5, 5.41) is 3.00. The van der Waals surface area contributed by atoms with Crippen molar-refractivity contribution in [1.82, 2.24) is 4.90 Å². The highest BCUT2D eigenvalue weighted by atomic mass is 32.1. The van der Waals surface area contributed by atoms with E-state index in [1.54, 1.807) is 26.0 Å². The van der Waals surface area contributed by atoms with Gasteiger partial charge in [-0.3, -0.25) is 14.5 Å². The van der Waals surface area contributed by atoms with Crippen LogP contribution in [0.15, 0.2) is 24.3 Å². The van der Waals surface area contributed by atoms with E-state index in [0.717, 1.165) is 17.0 Å². The van der Waals surface area contributed by atoms with E-state index in [1.807, 2.05) is 4.90 Å². The fourth-order valence-corrected chi connectivity index (χ4v) is 4.53. The van der Waals surface area contributed by atoms with Crippen molar-refractivity contribution in [3.05, 3.63) is 46.1 Å². The fourth-order valence-electron chi connectivity index (χ4n) is 3.47. The maximum absolute atomic E-state index is 13.1. The number of anilines is 2. The number of nitrogens with two attached hydrogens (primary N) is 1. The Labute approximate surface area is 183 Å². The second kappa shape index (κ2) is 9.88. The van der Waals surface area contributed by atoms with E-state index < -0.39 is 11.9 Å². The van der Waals surface area contributed by atoms with Crippen LogP contribution in [0, 0.1) is 12.7 Å². The highest BCUT2D eigenvalue weighted by Gasteiger charge is 2.26. The number of nitrogens with one attached hydrogen (secondary N) is 1. The lowest BCUT2D eigenvalue weighted by atomic mass is 10.1. The van der Waals surface area contributed by atoms with Crippen LogP contribution >= 0.6 is 11.3 Å². The third-order valence-corrected chi connectivity index (χ3v) is 6.26. The van der Waals surface area contributed by atoms with Crippen LogP contribution in [-0.4, -0.2) is 62.0 Å². The lowest BCUT2D eigenvalue weighted by Crippen LogP contribution is -2.48. The number of thiophene rings is 1. The van der Waals surface area contributed by atoms with Crippen molar-refractivity contribution in [1.29, 1.82) is 0 Å². The maximum Gasteiger partial charge on any atom is 0.341 e. The number of carbonyl (C=O) groups is 3. The average Bonchev–Trinajstić information content (AvgIpc) is 3.05. The smallest absolute Gasteiger partial charge is 0.341 e. The number of hydrogen-bond donors (Lipinski definition) is 2. The molecule has 3 N–H and O–H groups in total. The van der Waals surface area contributed by atoms with Gasteiger partial charge in [-0.25, -0.2) is 9.18 Å². The zero-order valence-corrected chi connectivity index (χ0v) is 18.3. The number of amides is 2. The monoisotopic (exact) mass is 448 g/mol. The average molecular weight is 449 g/mol. The molecule has 1 saturated heterocycles. The fraction of sp³-hybridized carbons (Fsp3) is 0.381. The van der Waals surface area contributed by atoms with Crippen LogP contribution in [0.5, 0.6) is 0 Å². The normalized spacial score (nSPS) is 14.4. The number of hydrogen-bond acceptors (Lipinski definition) is 7. The van der Waals surface area contributed by atoms with Gasteiger partial charge in [0.1, 0.15) is 10.8 Å². The number of halogens is 1. The van der Waals surface area contributed by atoms with E-state index in [9.17, 15) is 18.8 Å². The van der Waals surface area contributed by atoms with E-state index in [-0.39, 0.29) is 40.3 Å². The van der Waals surface area contributed by atoms with Crippen LogP contribution in [-0.2, 0) is 9.53 Å². The molecule has 2 aromatic rings. The lowest BCUT2D eigenvalue weighted by molar-refractivity contribution is -0.117. The predicted molar refractivity (Wildman–Crippen MR) is 117 cm³/mol. The van der Waals surface area contributed by atoms with Crippen LogP contribution in [0.25, 0.3) is 0 Å². The standard InChI is InChI=1S/C21H25FN4O4S/c1-3-30-21(29)17-13(2)18(19(23)28)31-20(17)24-16(27)12-25-8-10-26(11-9-25)15-6-4-14(22)5-7-15/h4-7H,3,8-12H2,1-2H3,(H2,23,28)(H,24,27). The summed E-state index contributed by atoms with van der Waals surface area (Å²) < 4.78 is 18.2. The molecule has 1 aromatic carbocycles. The van der Waals surface area contributed by atoms with Crippen LogP contribution in [0.4, 0.5) is 15.1 Å². The summed E-state index contributed by atoms with van der Waals surface area (Å²) in [6.07, 6.45) is 0. The number of ether oxygens (including phenoxy) is 1. The molecule has 1 aliphatic heterocycles. The quantitative estimate of drug-likeness (QED) is 0.630. The van der Waals surface area contributed by atoms with Gasteiger partial charge in [-0.1, -0.05) is 0 Å². The topological polar surface area (TPSA) is 105 Å². The molecule has 0 spiro atoms. The zero-order chi connectivity index (χ0) is 22.5. The first-order valence-electron chi connectivity index (χ1n) is 9.93. The minimum absolute atomic E-state index is 0.141. The van der Waals surface area contributed by atoms with Gasteiger partial charge in [-0.2, -0.15) is 0 Å². The molecule has 2 heterocycles. The van der Waals surface area contributed by atoms with Gasteiger partial charge in [0, 0.05) is 31.9 Å². The number of carbonyl (C=O) groups excluding carboxylic acids is 3. The highest BCUT2D eigenvalue weighted by Crippen LogP contribution is 2.33. The van der Waals surface area contributed by atoms with Gasteiger partial charge in [0.05, 0.1) is 23.6 Å². The van der Waals surface area contributed by atoms with Gasteiger partial charge in [-0.05, 0) is 43.7 Å². The first-order chi connectivity index (χ1) is 14.8. The molecule has 166 valence electrons. The van der Waals surface area contributed by atoms with Crippen LogP contribution < -0.4 is 16.0 Å². The van der Waals surface area contributed by atoms with Crippen LogP contribution in [0.2, 0.25) is 0 Å². The van der Waals surface area contributed by atoms with E-state index >= 15 is 0 Å². The summed E-state index contributed by atoms with van der Waals surface area (Å²) in [6, 6.07) is 6.34. The number of nitrogens with zero attached hydrogens (tertiary/aromatic N) is 2. The molecule has 1 aliphatic rings. The van der Waals surface area contributed by atoms with E-state index in [0.29, 0.717) is 31.7 Å². The minimum atomic E-state index is -0.662. The third-order valence-electron chi connectivity index (χ3n) is 5.03. The van der Waals surface area contributed by atoms with Gasteiger partial charge in [-0.15, -0.1) is 11.3 Å². The Hall–Kier alpha value is -2.98. The summed E-state index contributed by atoms with van der Waals surface area (Å²) in [6.45, 7) is 6.32. The second-order valence-corrected chi connectivity index (χ2v) is 8.15. The summed E-state index contributed by atoms with van der Waals surface area (Å²) in [7, 11) is 0. The summed E-state index contributed by atoms with van der Waals surface area (Å²) >= 11 is 0.973. The Kier molecular flexibility index (Phi) is 7.24. The van der Waals surface area contributed by atoms with Crippen molar-refractivity contribution in [2.45, 2.75) is 13.8 Å². The first-order valence-corrected chi connectivity index (χ1v) is 10.7. The number of rotatable bonds is 7. The summed E-state index contributed by atoms with van der Waals surface area (Å²) in [5.74, 6) is -1.83. The molecule has 3 rings (SSSR count). The zero-order valence-electron chi connectivity index (χ0n) is 17.4. The van der Waals surface area contributed by atoms with Crippen molar-refractivity contribution < 1.29 is 23.5 Å². The molecule has 10 heteroatoms. The number of piperazine rings is 1. The maximum atomic E-state index is 13.1. The van der Waals surface area contributed by atoms with Gasteiger partial charge < -0.3 is 20.7 Å². The number of esters is 1. The Morgan fingerprint density at radius 2 is 1.81 bits per heavy atom. The summed E-state index contributed by atoms with van der Waals surface area (Å²) in [4.78, 5) is 41.0. The predicted octanol–water partition coefficient (Wildman–Crippen LogP) is 2.23. The van der Waals surface area contributed by atoms with Crippen molar-refractivity contribution in [2.75, 3.05) is 49.5 Å². The van der Waals surface area contributed by atoms with Gasteiger partial charge in [0.2, 0.25) is 5.91 Å². The molecule has 1 aromatic heterocycles. The first kappa shape index (κ1) is 22.7. The van der Waals surface area contributed by atoms with Gasteiger partial charge >= 0.3 is 5.97 Å². The Bertz CT molecular complexity index is 969. The van der Waals surface area contributed by atoms with Gasteiger partial charge in [0.15, 0.2) is 0 Å². The van der Waals surface area contributed by atoms with Crippen molar-refractivity contribution in [2.24, 2.45) is 5.73 Å². The lowest BCUT2D eigenvalue weighted by Gasteiger charge is -2.35. The van der Waals surface area contributed by atoms with Crippen LogP contribution in [0.1, 0.15) is 32.5 Å². The Morgan fingerprint density at radius 1 is 1.16 bits per heavy atom. The van der Waals surface area contributed by atoms with Crippen molar-refractivity contribution in [3.8, 4) is 0 Å². The molecule has 0 atom stereocenters. The molecule has 0 radical (unpaired) electrons. The molecule has 8 nitrogen and oxygen atoms in total. The molecule has 1 fully saturated rings. The molecule has 0 bridgehead atoms. The minimum Gasteiger partial charge on any atom is -0.462 e. The largest absolute Gasteiger partial charge is 0.462 e. The molecular weight excluding hydrogens is 423 g/mol. The molecule has 0 saturated carbocycles. The molecule has 2 amide bonds. The molecule has 0 aliphatic carbocycles. The van der Waals surface area contributed by atoms with Crippen molar-refractivity contribution in [3.63, 3.8) is 0 Å². The van der Waals surface area contributed by atoms with Crippen molar-refractivity contribution >= 4 is 39.8 Å². The van der Waals surface area contributed by atoms with E-state index in [4.69, 9.17) is 10.5 Å². The molecule has 0 unspecified atom stereocenters. The number of benzene rings is 1. The van der Waals surface area contributed by atoms with Gasteiger partial charge in [0.25, 0.3) is 5.91 Å². The number of primary amides is 1. The van der Waals surface area contributed by atoms with Crippen LogP contribution in [0.3, 0.4) is 0 Å². The second-order valence-electron chi connectivity index (χ2n) is 7.13. The SMILES string of the molecule is CCOC(=O)c1c(NC(=O)CN2CCN(c3ccc(F)cc3)CC2)sc(C(N)=O)c1C. The highest BCUT2D eigenvalue weighted by molar-refractivity contribution is 7.18. The Morgan fingerprint density at radius 3 is 2.39 bits per heavy atom. The Balaban J connectivity index is 1.62. The van der Waals surface area contributed by atoms with E-state index in [1.165, 1.54) is 12.1 Å². The molecular formula is C21H25FN4O4S. The molecule has 31 heavy (non-hydrogen) atoms.